The van der Waals surface area contributed by atoms with E-state index in [4.69, 9.17) is 5.11 Å². The minimum Gasteiger partial charge on any atom is -0.396 e. The first-order valence-electron chi connectivity index (χ1n) is 6.03. The average Bonchev–Trinajstić information content (AvgIpc) is 2.71. The van der Waals surface area contributed by atoms with Gasteiger partial charge in [0.15, 0.2) is 0 Å². The number of nitrogens with zero attached hydrogens (tertiary/aromatic N) is 2. The fourth-order valence-electron chi connectivity index (χ4n) is 1.83. The molecule has 1 heterocycles. The van der Waals surface area contributed by atoms with Crippen LogP contribution < -0.4 is 5.32 Å². The molecule has 0 aliphatic heterocycles. The zero-order valence-corrected chi connectivity index (χ0v) is 10.5. The van der Waals surface area contributed by atoms with Gasteiger partial charge < -0.3 is 15.0 Å². The smallest absolute Gasteiger partial charge is 0.122 e. The molecule has 16 heavy (non-hydrogen) atoms. The fraction of sp³-hybridized carbons (Fsp3) is 0.750. The van der Waals surface area contributed by atoms with Gasteiger partial charge in [-0.1, -0.05) is 13.8 Å². The van der Waals surface area contributed by atoms with Crippen LogP contribution in [0.5, 0.6) is 0 Å². The molecule has 0 saturated carbocycles. The van der Waals surface area contributed by atoms with Crippen LogP contribution in [-0.4, -0.2) is 27.3 Å². The van der Waals surface area contributed by atoms with E-state index in [-0.39, 0.29) is 6.61 Å². The molecule has 0 aliphatic rings. The van der Waals surface area contributed by atoms with Gasteiger partial charge in [0.25, 0.3) is 0 Å². The topological polar surface area (TPSA) is 50.1 Å². The molecule has 0 spiro atoms. The van der Waals surface area contributed by atoms with E-state index in [1.54, 1.807) is 0 Å². The Morgan fingerprint density at radius 1 is 1.50 bits per heavy atom. The van der Waals surface area contributed by atoms with E-state index in [1.807, 2.05) is 12.4 Å². The molecule has 0 radical (unpaired) electrons. The van der Waals surface area contributed by atoms with Crippen LogP contribution in [0.2, 0.25) is 0 Å². The summed E-state index contributed by atoms with van der Waals surface area (Å²) in [5.41, 5.74) is 0. The summed E-state index contributed by atoms with van der Waals surface area (Å²) in [6, 6.07) is 0.354. The van der Waals surface area contributed by atoms with Gasteiger partial charge >= 0.3 is 0 Å². The Balaban J connectivity index is 2.48. The Bertz CT molecular complexity index is 296. The van der Waals surface area contributed by atoms with Crippen molar-refractivity contribution < 1.29 is 5.11 Å². The van der Waals surface area contributed by atoms with E-state index in [1.165, 1.54) is 0 Å². The highest BCUT2D eigenvalue weighted by Crippen LogP contribution is 2.07. The molecular formula is C12H23N3O. The van der Waals surface area contributed by atoms with Crippen LogP contribution >= 0.6 is 0 Å². The number of imidazole rings is 1. The molecule has 92 valence electrons. The average molecular weight is 225 g/mol. The Labute approximate surface area is 97.7 Å². The van der Waals surface area contributed by atoms with Gasteiger partial charge in [0.05, 0.1) is 6.54 Å². The summed E-state index contributed by atoms with van der Waals surface area (Å²) < 4.78 is 2.13. The van der Waals surface area contributed by atoms with E-state index in [9.17, 15) is 0 Å². The minimum atomic E-state index is 0.234. The summed E-state index contributed by atoms with van der Waals surface area (Å²) in [7, 11) is 0. The molecule has 0 fully saturated rings. The predicted molar refractivity (Wildman–Crippen MR) is 65.1 cm³/mol. The molecule has 1 rings (SSSR count). The van der Waals surface area contributed by atoms with Gasteiger partial charge in [-0.15, -0.1) is 0 Å². The molecule has 0 bridgehead atoms. The molecule has 1 unspecified atom stereocenters. The Hall–Kier alpha value is -0.870. The molecular weight excluding hydrogens is 202 g/mol. The van der Waals surface area contributed by atoms with Crippen molar-refractivity contribution in [3.63, 3.8) is 0 Å². The molecule has 0 aromatic carbocycles. The Morgan fingerprint density at radius 3 is 2.81 bits per heavy atom. The van der Waals surface area contributed by atoms with E-state index < -0.39 is 0 Å². The third-order valence-electron chi connectivity index (χ3n) is 2.91. The quantitative estimate of drug-likeness (QED) is 0.737. The van der Waals surface area contributed by atoms with Crippen LogP contribution in [0, 0.1) is 5.92 Å². The number of nitrogens with one attached hydrogen (secondary N) is 1. The van der Waals surface area contributed by atoms with Crippen molar-refractivity contribution >= 4 is 0 Å². The van der Waals surface area contributed by atoms with Gasteiger partial charge in [-0.05, 0) is 19.3 Å². The van der Waals surface area contributed by atoms with Crippen molar-refractivity contribution in [3.8, 4) is 0 Å². The number of aliphatic hydroxyl groups excluding tert-OH is 1. The van der Waals surface area contributed by atoms with Crippen molar-refractivity contribution in [2.24, 2.45) is 5.92 Å². The van der Waals surface area contributed by atoms with Gasteiger partial charge in [-0.25, -0.2) is 4.98 Å². The zero-order valence-electron chi connectivity index (χ0n) is 10.5. The van der Waals surface area contributed by atoms with Crippen LogP contribution in [0.3, 0.4) is 0 Å². The summed E-state index contributed by atoms with van der Waals surface area (Å²) in [6.45, 7) is 8.39. The highest BCUT2D eigenvalue weighted by atomic mass is 16.3. The lowest BCUT2D eigenvalue weighted by atomic mass is 10.0. The highest BCUT2D eigenvalue weighted by molar-refractivity contribution is 4.92. The number of hydrogen-bond donors (Lipinski definition) is 2. The van der Waals surface area contributed by atoms with Crippen LogP contribution in [0.15, 0.2) is 12.4 Å². The largest absolute Gasteiger partial charge is 0.396 e. The summed E-state index contributed by atoms with van der Waals surface area (Å²) in [4.78, 5) is 4.32. The zero-order chi connectivity index (χ0) is 12.0. The second kappa shape index (κ2) is 6.66. The standard InChI is InChI=1S/C12H23N3O/c1-4-15-7-6-13-12(15)9-14-11(5-8-16)10(2)3/h6-7,10-11,14,16H,4-5,8-9H2,1-3H3. The Kier molecular flexibility index (Phi) is 5.49. The number of hydrogen-bond acceptors (Lipinski definition) is 3. The highest BCUT2D eigenvalue weighted by Gasteiger charge is 2.12. The minimum absolute atomic E-state index is 0.234. The second-order valence-electron chi connectivity index (χ2n) is 4.37. The van der Waals surface area contributed by atoms with Gasteiger partial charge in [0.1, 0.15) is 5.82 Å². The molecule has 1 aromatic heterocycles. The van der Waals surface area contributed by atoms with Gasteiger partial charge in [0, 0.05) is 31.6 Å². The summed E-state index contributed by atoms with van der Waals surface area (Å²) in [5.74, 6) is 1.59. The van der Waals surface area contributed by atoms with E-state index in [2.05, 4.69) is 35.6 Å². The molecule has 4 nitrogen and oxygen atoms in total. The number of aliphatic hydroxyl groups is 1. The molecule has 2 N–H and O–H groups in total. The van der Waals surface area contributed by atoms with Crippen LogP contribution in [0.25, 0.3) is 0 Å². The Morgan fingerprint density at radius 2 is 2.25 bits per heavy atom. The van der Waals surface area contributed by atoms with Gasteiger partial charge in [-0.2, -0.15) is 0 Å². The molecule has 0 amide bonds. The van der Waals surface area contributed by atoms with Crippen LogP contribution in [0.4, 0.5) is 0 Å². The normalized spacial score (nSPS) is 13.3. The van der Waals surface area contributed by atoms with Gasteiger partial charge in [0.2, 0.25) is 0 Å². The predicted octanol–water partition coefficient (Wildman–Crippen LogP) is 1.40. The number of rotatable bonds is 7. The summed E-state index contributed by atoms with van der Waals surface area (Å²) >= 11 is 0. The van der Waals surface area contributed by atoms with E-state index in [0.717, 1.165) is 25.3 Å². The summed E-state index contributed by atoms with van der Waals surface area (Å²) in [5, 5.41) is 12.4. The lowest BCUT2D eigenvalue weighted by Crippen LogP contribution is -2.35. The lowest BCUT2D eigenvalue weighted by Gasteiger charge is -2.21. The van der Waals surface area contributed by atoms with Crippen LogP contribution in [-0.2, 0) is 13.1 Å². The maximum absolute atomic E-state index is 8.98. The van der Waals surface area contributed by atoms with E-state index >= 15 is 0 Å². The lowest BCUT2D eigenvalue weighted by molar-refractivity contribution is 0.243. The van der Waals surface area contributed by atoms with Crippen molar-refractivity contribution in [2.75, 3.05) is 6.61 Å². The number of aryl methyl sites for hydroxylation is 1. The van der Waals surface area contributed by atoms with Crippen LogP contribution in [0.1, 0.15) is 33.0 Å². The van der Waals surface area contributed by atoms with Gasteiger partial charge in [-0.3, -0.25) is 0 Å². The third-order valence-corrected chi connectivity index (χ3v) is 2.91. The number of aromatic nitrogens is 2. The van der Waals surface area contributed by atoms with Crippen molar-refractivity contribution in [1.29, 1.82) is 0 Å². The van der Waals surface area contributed by atoms with Crippen molar-refractivity contribution in [1.82, 2.24) is 14.9 Å². The second-order valence-corrected chi connectivity index (χ2v) is 4.37. The molecule has 1 aromatic rings. The maximum Gasteiger partial charge on any atom is 0.122 e. The molecule has 4 heteroatoms. The van der Waals surface area contributed by atoms with E-state index in [0.29, 0.717) is 12.0 Å². The first-order chi connectivity index (χ1) is 7.69. The fourth-order valence-corrected chi connectivity index (χ4v) is 1.83. The first-order valence-corrected chi connectivity index (χ1v) is 6.03. The SMILES string of the molecule is CCn1ccnc1CNC(CCO)C(C)C. The van der Waals surface area contributed by atoms with Crippen molar-refractivity contribution in [2.45, 2.75) is 46.3 Å². The summed E-state index contributed by atoms with van der Waals surface area (Å²) in [6.07, 6.45) is 4.62. The monoisotopic (exact) mass is 225 g/mol. The maximum atomic E-state index is 8.98. The third kappa shape index (κ3) is 3.61. The molecule has 1 atom stereocenters. The van der Waals surface area contributed by atoms with Crippen molar-refractivity contribution in [3.05, 3.63) is 18.2 Å². The molecule has 0 saturated heterocycles. The molecule has 0 aliphatic carbocycles. The first kappa shape index (κ1) is 13.2.